The second kappa shape index (κ2) is 4.35. The maximum absolute atomic E-state index is 11.0. The molecule has 1 N–H and O–H groups in total. The minimum atomic E-state index is -0.899. The zero-order valence-corrected chi connectivity index (χ0v) is 11.0. The summed E-state index contributed by atoms with van der Waals surface area (Å²) >= 11 is 1.21. The van der Waals surface area contributed by atoms with Gasteiger partial charge in [-0.15, -0.1) is 0 Å². The molecule has 0 aliphatic heterocycles. The average molecular weight is 265 g/mol. The summed E-state index contributed by atoms with van der Waals surface area (Å²) in [7, 11) is 0. The second-order valence-corrected chi connectivity index (χ2v) is 5.80. The van der Waals surface area contributed by atoms with Crippen molar-refractivity contribution in [3.8, 4) is 0 Å². The van der Waals surface area contributed by atoms with Crippen molar-refractivity contribution in [2.75, 3.05) is 0 Å². The van der Waals surface area contributed by atoms with Crippen LogP contribution in [0.25, 0.3) is 4.96 Å². The number of aromatic carboxylic acids is 1. The van der Waals surface area contributed by atoms with Gasteiger partial charge in [-0.2, -0.15) is 5.10 Å². The van der Waals surface area contributed by atoms with Gasteiger partial charge in [0.1, 0.15) is 4.88 Å². The Morgan fingerprint density at radius 3 is 2.72 bits per heavy atom. The van der Waals surface area contributed by atoms with Crippen LogP contribution in [0.1, 0.15) is 59.2 Å². The SMILES string of the molecule is Cc1c(C(=O)O)sc2nc(C3CCCCC3)nn12. The summed E-state index contributed by atoms with van der Waals surface area (Å²) in [5.41, 5.74) is 0.678. The number of rotatable bonds is 2. The fraction of sp³-hybridized carbons (Fsp3) is 0.583. The van der Waals surface area contributed by atoms with Gasteiger partial charge in [-0.25, -0.2) is 14.3 Å². The lowest BCUT2D eigenvalue weighted by atomic mass is 9.89. The number of hydrogen-bond donors (Lipinski definition) is 1. The van der Waals surface area contributed by atoms with E-state index in [1.54, 1.807) is 11.4 Å². The van der Waals surface area contributed by atoms with Crippen LogP contribution in [0.15, 0.2) is 0 Å². The molecule has 0 unspecified atom stereocenters. The molecule has 18 heavy (non-hydrogen) atoms. The highest BCUT2D eigenvalue weighted by atomic mass is 32.1. The predicted molar refractivity (Wildman–Crippen MR) is 68.4 cm³/mol. The van der Waals surface area contributed by atoms with Crippen LogP contribution in [0.3, 0.4) is 0 Å². The average Bonchev–Trinajstić information content (AvgIpc) is 2.91. The summed E-state index contributed by atoms with van der Waals surface area (Å²) in [6.07, 6.45) is 6.11. The van der Waals surface area contributed by atoms with E-state index in [0.717, 1.165) is 18.7 Å². The highest BCUT2D eigenvalue weighted by molar-refractivity contribution is 7.18. The molecule has 1 fully saturated rings. The molecule has 1 aliphatic rings. The second-order valence-electron chi connectivity index (χ2n) is 4.82. The number of carboxylic acids is 1. The van der Waals surface area contributed by atoms with Gasteiger partial charge >= 0.3 is 5.97 Å². The van der Waals surface area contributed by atoms with Gasteiger partial charge in [-0.05, 0) is 19.8 Å². The highest BCUT2D eigenvalue weighted by Crippen LogP contribution is 2.32. The van der Waals surface area contributed by atoms with Gasteiger partial charge in [0.2, 0.25) is 4.96 Å². The van der Waals surface area contributed by atoms with E-state index in [1.807, 2.05) is 0 Å². The van der Waals surface area contributed by atoms with Crippen molar-refractivity contribution < 1.29 is 9.90 Å². The summed E-state index contributed by atoms with van der Waals surface area (Å²) < 4.78 is 1.68. The van der Waals surface area contributed by atoms with E-state index < -0.39 is 5.97 Å². The molecule has 0 atom stereocenters. The van der Waals surface area contributed by atoms with Gasteiger partial charge in [-0.1, -0.05) is 30.6 Å². The minimum absolute atomic E-state index is 0.334. The van der Waals surface area contributed by atoms with Crippen molar-refractivity contribution in [3.05, 3.63) is 16.4 Å². The number of carbonyl (C=O) groups is 1. The van der Waals surface area contributed by atoms with Crippen LogP contribution >= 0.6 is 11.3 Å². The molecule has 0 radical (unpaired) electrons. The Bertz CT molecular complexity index is 596. The first-order valence-corrected chi connectivity index (χ1v) is 7.08. The van der Waals surface area contributed by atoms with E-state index in [9.17, 15) is 4.79 Å². The Kier molecular flexibility index (Phi) is 2.81. The first-order valence-electron chi connectivity index (χ1n) is 6.26. The molecule has 2 heterocycles. The lowest BCUT2D eigenvalue weighted by molar-refractivity contribution is 0.0701. The van der Waals surface area contributed by atoms with E-state index in [2.05, 4.69) is 10.1 Å². The summed E-state index contributed by atoms with van der Waals surface area (Å²) in [6.45, 7) is 1.78. The van der Waals surface area contributed by atoms with Crippen LogP contribution in [0, 0.1) is 6.92 Å². The molecule has 0 amide bonds. The molecule has 3 rings (SSSR count). The number of thiazole rings is 1. The van der Waals surface area contributed by atoms with Gasteiger partial charge in [0, 0.05) is 5.92 Å². The van der Waals surface area contributed by atoms with E-state index >= 15 is 0 Å². The van der Waals surface area contributed by atoms with E-state index in [0.29, 0.717) is 21.4 Å². The maximum atomic E-state index is 11.0. The normalized spacial score (nSPS) is 17.4. The standard InChI is InChI=1S/C12H15N3O2S/c1-7-9(11(16)17)18-12-13-10(14-15(7)12)8-5-3-2-4-6-8/h8H,2-6H2,1H3,(H,16,17). The Labute approximate surface area is 108 Å². The molecular formula is C12H15N3O2S. The van der Waals surface area contributed by atoms with Gasteiger partial charge in [0.25, 0.3) is 0 Å². The van der Waals surface area contributed by atoms with Gasteiger partial charge in [-0.3, -0.25) is 0 Å². The lowest BCUT2D eigenvalue weighted by Gasteiger charge is -2.18. The minimum Gasteiger partial charge on any atom is -0.477 e. The van der Waals surface area contributed by atoms with Gasteiger partial charge in [0.15, 0.2) is 5.82 Å². The van der Waals surface area contributed by atoms with Crippen molar-refractivity contribution in [2.24, 2.45) is 0 Å². The summed E-state index contributed by atoms with van der Waals surface area (Å²) in [4.78, 5) is 16.6. The van der Waals surface area contributed by atoms with Crippen LogP contribution in [-0.2, 0) is 0 Å². The number of fused-ring (bicyclic) bond motifs is 1. The third-order valence-corrected chi connectivity index (χ3v) is 4.72. The molecular weight excluding hydrogens is 250 g/mol. The number of hydrogen-bond acceptors (Lipinski definition) is 4. The topological polar surface area (TPSA) is 67.5 Å². The molecule has 1 aliphatic carbocycles. The smallest absolute Gasteiger partial charge is 0.347 e. The fourth-order valence-electron chi connectivity index (χ4n) is 2.59. The maximum Gasteiger partial charge on any atom is 0.347 e. The largest absolute Gasteiger partial charge is 0.477 e. The molecule has 6 heteroatoms. The molecule has 0 bridgehead atoms. The van der Waals surface area contributed by atoms with Crippen LogP contribution in [0.4, 0.5) is 0 Å². The molecule has 96 valence electrons. The van der Waals surface area contributed by atoms with Crippen LogP contribution in [-0.4, -0.2) is 25.7 Å². The fourth-order valence-corrected chi connectivity index (χ4v) is 3.50. The Morgan fingerprint density at radius 2 is 2.11 bits per heavy atom. The van der Waals surface area contributed by atoms with Crippen molar-refractivity contribution >= 4 is 22.3 Å². The molecule has 2 aromatic heterocycles. The van der Waals surface area contributed by atoms with Crippen LogP contribution in [0.5, 0.6) is 0 Å². The first-order chi connectivity index (χ1) is 8.66. The zero-order valence-electron chi connectivity index (χ0n) is 10.2. The monoisotopic (exact) mass is 265 g/mol. The lowest BCUT2D eigenvalue weighted by Crippen LogP contribution is -2.07. The third kappa shape index (κ3) is 1.80. The molecule has 0 aromatic carbocycles. The van der Waals surface area contributed by atoms with E-state index in [1.165, 1.54) is 30.6 Å². The molecule has 1 saturated carbocycles. The van der Waals surface area contributed by atoms with Crippen molar-refractivity contribution in [3.63, 3.8) is 0 Å². The molecule has 0 saturated heterocycles. The Morgan fingerprint density at radius 1 is 1.39 bits per heavy atom. The summed E-state index contributed by atoms with van der Waals surface area (Å²) in [5.74, 6) is 0.448. The number of aromatic nitrogens is 3. The Balaban J connectivity index is 1.99. The summed E-state index contributed by atoms with van der Waals surface area (Å²) in [6, 6.07) is 0. The highest BCUT2D eigenvalue weighted by Gasteiger charge is 2.23. The van der Waals surface area contributed by atoms with Crippen LogP contribution in [0.2, 0.25) is 0 Å². The molecule has 5 nitrogen and oxygen atoms in total. The zero-order chi connectivity index (χ0) is 12.7. The van der Waals surface area contributed by atoms with Gasteiger partial charge < -0.3 is 5.11 Å². The number of nitrogens with zero attached hydrogens (tertiary/aromatic N) is 3. The van der Waals surface area contributed by atoms with Crippen LogP contribution < -0.4 is 0 Å². The van der Waals surface area contributed by atoms with Crippen molar-refractivity contribution in [2.45, 2.75) is 44.9 Å². The number of carboxylic acid groups (broad SMARTS) is 1. The molecule has 2 aromatic rings. The van der Waals surface area contributed by atoms with Crippen molar-refractivity contribution in [1.82, 2.24) is 14.6 Å². The molecule has 0 spiro atoms. The van der Waals surface area contributed by atoms with E-state index in [4.69, 9.17) is 5.11 Å². The third-order valence-electron chi connectivity index (χ3n) is 3.60. The quantitative estimate of drug-likeness (QED) is 0.906. The summed E-state index contributed by atoms with van der Waals surface area (Å²) in [5, 5.41) is 13.5. The van der Waals surface area contributed by atoms with Crippen molar-refractivity contribution in [1.29, 1.82) is 0 Å². The first kappa shape index (κ1) is 11.6. The Hall–Kier alpha value is -1.43. The van der Waals surface area contributed by atoms with Gasteiger partial charge in [0.05, 0.1) is 5.69 Å². The number of aryl methyl sites for hydroxylation is 1. The van der Waals surface area contributed by atoms with E-state index in [-0.39, 0.29) is 0 Å². The predicted octanol–water partition coefficient (Wildman–Crippen LogP) is 2.85.